The van der Waals surface area contributed by atoms with E-state index in [2.05, 4.69) is 31.1 Å². The lowest BCUT2D eigenvalue weighted by Crippen LogP contribution is -2.52. The van der Waals surface area contributed by atoms with E-state index in [1.54, 1.807) is 14.2 Å². The second-order valence-corrected chi connectivity index (χ2v) is 5.88. The Bertz CT molecular complexity index is 226. The molecule has 0 heterocycles. The van der Waals surface area contributed by atoms with Crippen molar-refractivity contribution in [3.05, 3.63) is 0 Å². The first-order valence-corrected chi connectivity index (χ1v) is 6.96. The van der Waals surface area contributed by atoms with Crippen LogP contribution in [0, 0.1) is 5.41 Å². The molecule has 18 heavy (non-hydrogen) atoms. The van der Waals surface area contributed by atoms with Crippen molar-refractivity contribution in [1.29, 1.82) is 0 Å². The van der Waals surface area contributed by atoms with Gasteiger partial charge in [0, 0.05) is 39.4 Å². The molecule has 1 aliphatic carbocycles. The van der Waals surface area contributed by atoms with E-state index in [1.165, 1.54) is 12.8 Å². The van der Waals surface area contributed by atoms with Gasteiger partial charge in [0.15, 0.2) is 0 Å². The van der Waals surface area contributed by atoms with Crippen molar-refractivity contribution in [3.8, 4) is 0 Å². The molecule has 4 nitrogen and oxygen atoms in total. The summed E-state index contributed by atoms with van der Waals surface area (Å²) in [6, 6.07) is 1.14. The second kappa shape index (κ2) is 7.43. The van der Waals surface area contributed by atoms with Gasteiger partial charge in [-0.1, -0.05) is 13.8 Å². The average molecular weight is 258 g/mol. The van der Waals surface area contributed by atoms with Gasteiger partial charge < -0.3 is 14.8 Å². The molecule has 0 radical (unpaired) electrons. The van der Waals surface area contributed by atoms with Gasteiger partial charge in [0.2, 0.25) is 0 Å². The molecule has 0 spiro atoms. The summed E-state index contributed by atoms with van der Waals surface area (Å²) in [7, 11) is 5.61. The van der Waals surface area contributed by atoms with Gasteiger partial charge in [0.1, 0.15) is 0 Å². The van der Waals surface area contributed by atoms with Crippen LogP contribution in [0.3, 0.4) is 0 Å². The molecule has 108 valence electrons. The molecule has 1 saturated carbocycles. The lowest BCUT2D eigenvalue weighted by atomic mass is 9.86. The lowest BCUT2D eigenvalue weighted by molar-refractivity contribution is 0.0733. The van der Waals surface area contributed by atoms with E-state index in [0.717, 1.165) is 26.3 Å². The Morgan fingerprint density at radius 3 is 2.17 bits per heavy atom. The van der Waals surface area contributed by atoms with Crippen LogP contribution in [0.2, 0.25) is 0 Å². The Morgan fingerprint density at radius 1 is 1.17 bits per heavy atom. The summed E-state index contributed by atoms with van der Waals surface area (Å²) in [5.74, 6) is 0. The molecule has 0 saturated heterocycles. The van der Waals surface area contributed by atoms with Crippen molar-refractivity contribution in [2.75, 3.05) is 47.6 Å². The Labute approximate surface area is 112 Å². The topological polar surface area (TPSA) is 33.7 Å². The zero-order valence-corrected chi connectivity index (χ0v) is 12.7. The van der Waals surface area contributed by atoms with Crippen molar-refractivity contribution in [1.82, 2.24) is 10.2 Å². The summed E-state index contributed by atoms with van der Waals surface area (Å²) in [4.78, 5) is 2.52. The van der Waals surface area contributed by atoms with Crippen molar-refractivity contribution < 1.29 is 9.47 Å². The number of hydrogen-bond acceptors (Lipinski definition) is 4. The zero-order valence-electron chi connectivity index (χ0n) is 12.7. The van der Waals surface area contributed by atoms with Gasteiger partial charge in [-0.2, -0.15) is 0 Å². The highest BCUT2D eigenvalue weighted by Gasteiger charge is 2.43. The summed E-state index contributed by atoms with van der Waals surface area (Å²) in [6.07, 6.45) is 2.53. The maximum atomic E-state index is 5.23. The normalized spacial score (nSPS) is 27.0. The molecule has 0 bridgehead atoms. The maximum absolute atomic E-state index is 5.23. The van der Waals surface area contributed by atoms with E-state index in [4.69, 9.17) is 9.47 Å². The van der Waals surface area contributed by atoms with Crippen LogP contribution in [0.4, 0.5) is 0 Å². The van der Waals surface area contributed by atoms with Gasteiger partial charge in [-0.05, 0) is 25.3 Å². The molecular weight excluding hydrogens is 228 g/mol. The number of hydrogen-bond donors (Lipinski definition) is 1. The minimum Gasteiger partial charge on any atom is -0.383 e. The second-order valence-electron chi connectivity index (χ2n) is 5.88. The van der Waals surface area contributed by atoms with Crippen LogP contribution in [-0.2, 0) is 9.47 Å². The largest absolute Gasteiger partial charge is 0.383 e. The van der Waals surface area contributed by atoms with Crippen molar-refractivity contribution in [2.45, 2.75) is 38.8 Å². The molecule has 4 heteroatoms. The first-order valence-electron chi connectivity index (χ1n) is 6.96. The van der Waals surface area contributed by atoms with Crippen LogP contribution in [0.25, 0.3) is 0 Å². The summed E-state index contributed by atoms with van der Waals surface area (Å²) >= 11 is 0. The number of nitrogens with zero attached hydrogens (tertiary/aromatic N) is 1. The Morgan fingerprint density at radius 2 is 1.72 bits per heavy atom. The standard InChI is InChI=1S/C14H30N2O2/c1-14(2)7-6-12(13(14)15-3)16(8-10-17-4)9-11-18-5/h12-13,15H,6-11H2,1-5H3. The maximum Gasteiger partial charge on any atom is 0.0589 e. The van der Waals surface area contributed by atoms with Crippen molar-refractivity contribution in [2.24, 2.45) is 5.41 Å². The van der Waals surface area contributed by atoms with Crippen LogP contribution in [-0.4, -0.2) is 64.6 Å². The minimum absolute atomic E-state index is 0.373. The van der Waals surface area contributed by atoms with Gasteiger partial charge in [-0.3, -0.25) is 4.90 Å². The predicted octanol–water partition coefficient (Wildman–Crippen LogP) is 1.36. The molecule has 1 fully saturated rings. The van der Waals surface area contributed by atoms with Gasteiger partial charge >= 0.3 is 0 Å². The molecular formula is C14H30N2O2. The van der Waals surface area contributed by atoms with E-state index in [9.17, 15) is 0 Å². The fourth-order valence-corrected chi connectivity index (χ4v) is 3.20. The molecule has 2 atom stereocenters. The Hall–Kier alpha value is -0.160. The van der Waals surface area contributed by atoms with Crippen molar-refractivity contribution in [3.63, 3.8) is 0 Å². The first kappa shape index (κ1) is 15.9. The van der Waals surface area contributed by atoms with Crippen LogP contribution in [0.15, 0.2) is 0 Å². The third-order valence-corrected chi connectivity index (χ3v) is 4.26. The highest BCUT2D eigenvalue weighted by atomic mass is 16.5. The van der Waals surface area contributed by atoms with E-state index in [1.807, 2.05) is 0 Å². The summed E-state index contributed by atoms with van der Waals surface area (Å²) in [5, 5.41) is 3.51. The monoisotopic (exact) mass is 258 g/mol. The fraction of sp³-hybridized carbons (Fsp3) is 1.00. The highest BCUT2D eigenvalue weighted by Crippen LogP contribution is 2.39. The van der Waals surface area contributed by atoms with Crippen LogP contribution >= 0.6 is 0 Å². The zero-order chi connectivity index (χ0) is 13.6. The molecule has 0 aliphatic heterocycles. The molecule has 0 aromatic heterocycles. The predicted molar refractivity (Wildman–Crippen MR) is 75.0 cm³/mol. The highest BCUT2D eigenvalue weighted by molar-refractivity contribution is 5.00. The Balaban J connectivity index is 2.65. The molecule has 0 amide bonds. The Kier molecular flexibility index (Phi) is 6.57. The van der Waals surface area contributed by atoms with Crippen molar-refractivity contribution >= 4 is 0 Å². The van der Waals surface area contributed by atoms with E-state index in [0.29, 0.717) is 17.5 Å². The molecule has 1 rings (SSSR count). The number of rotatable bonds is 8. The van der Waals surface area contributed by atoms with Gasteiger partial charge in [0.25, 0.3) is 0 Å². The first-order chi connectivity index (χ1) is 8.56. The van der Waals surface area contributed by atoms with E-state index in [-0.39, 0.29) is 0 Å². The van der Waals surface area contributed by atoms with Crippen LogP contribution < -0.4 is 5.32 Å². The smallest absolute Gasteiger partial charge is 0.0589 e. The minimum atomic E-state index is 0.373. The lowest BCUT2D eigenvalue weighted by Gasteiger charge is -2.37. The molecule has 2 unspecified atom stereocenters. The SMILES string of the molecule is CNC1C(N(CCOC)CCOC)CCC1(C)C. The van der Waals surface area contributed by atoms with Gasteiger partial charge in [-0.15, -0.1) is 0 Å². The van der Waals surface area contributed by atoms with E-state index < -0.39 is 0 Å². The number of methoxy groups -OCH3 is 2. The van der Waals surface area contributed by atoms with Crippen LogP contribution in [0.5, 0.6) is 0 Å². The van der Waals surface area contributed by atoms with E-state index >= 15 is 0 Å². The molecule has 1 aliphatic rings. The molecule has 0 aromatic rings. The summed E-state index contributed by atoms with van der Waals surface area (Å²) in [5.41, 5.74) is 0.373. The quantitative estimate of drug-likeness (QED) is 0.713. The number of ether oxygens (including phenoxy) is 2. The molecule has 1 N–H and O–H groups in total. The molecule has 0 aromatic carbocycles. The van der Waals surface area contributed by atoms with Gasteiger partial charge in [0.05, 0.1) is 13.2 Å². The number of nitrogens with one attached hydrogen (secondary N) is 1. The van der Waals surface area contributed by atoms with Gasteiger partial charge in [-0.25, -0.2) is 0 Å². The third-order valence-electron chi connectivity index (χ3n) is 4.26. The fourth-order valence-electron chi connectivity index (χ4n) is 3.20. The third kappa shape index (κ3) is 3.92. The summed E-state index contributed by atoms with van der Waals surface area (Å²) in [6.45, 7) is 8.27. The summed E-state index contributed by atoms with van der Waals surface area (Å²) < 4.78 is 10.5. The average Bonchev–Trinajstić information content (AvgIpc) is 2.64. The number of likely N-dealkylation sites (N-methyl/N-ethyl adjacent to an activating group) is 1. The van der Waals surface area contributed by atoms with Crippen LogP contribution in [0.1, 0.15) is 26.7 Å².